The molecule has 0 radical (unpaired) electrons. The quantitative estimate of drug-likeness (QED) is 0.276. The van der Waals surface area contributed by atoms with Crippen LogP contribution in [0.15, 0.2) is 25.3 Å². The van der Waals surface area contributed by atoms with E-state index in [0.29, 0.717) is 19.6 Å². The smallest absolute Gasteiger partial charge is 0.243 e. The summed E-state index contributed by atoms with van der Waals surface area (Å²) in [6.45, 7) is 8.13. The lowest BCUT2D eigenvalue weighted by Crippen LogP contribution is -2.33. The van der Waals surface area contributed by atoms with Crippen molar-refractivity contribution in [1.82, 2.24) is 5.32 Å². The first kappa shape index (κ1) is 22.5. The summed E-state index contributed by atoms with van der Waals surface area (Å²) in [5, 5.41) is 21.6. The van der Waals surface area contributed by atoms with E-state index in [0.717, 1.165) is 18.9 Å². The van der Waals surface area contributed by atoms with Gasteiger partial charge in [-0.1, -0.05) is 13.2 Å². The minimum absolute atomic E-state index is 0.0857. The molecule has 7 heteroatoms. The fraction of sp³-hybridized carbons (Fsp3) is 0.647. The van der Waals surface area contributed by atoms with Gasteiger partial charge in [0, 0.05) is 26.2 Å². The summed E-state index contributed by atoms with van der Waals surface area (Å²) in [4.78, 5) is 21.9. The Labute approximate surface area is 143 Å². The third-order valence-corrected chi connectivity index (χ3v) is 3.10. The molecule has 0 aliphatic heterocycles. The van der Waals surface area contributed by atoms with Crippen LogP contribution in [-0.4, -0.2) is 67.1 Å². The van der Waals surface area contributed by atoms with E-state index in [1.807, 2.05) is 0 Å². The molecular formula is C17H29NO6. The molecule has 2 unspecified atom stereocenters. The van der Waals surface area contributed by atoms with E-state index in [-0.39, 0.29) is 37.9 Å². The van der Waals surface area contributed by atoms with Crippen LogP contribution in [-0.2, 0) is 19.1 Å². The van der Waals surface area contributed by atoms with Crippen LogP contribution in [0.5, 0.6) is 0 Å². The molecule has 0 aromatic rings. The van der Waals surface area contributed by atoms with Gasteiger partial charge in [0.15, 0.2) is 5.78 Å². The molecule has 0 fully saturated rings. The molecule has 0 heterocycles. The summed E-state index contributed by atoms with van der Waals surface area (Å²) in [5.41, 5.74) is 0. The minimum Gasteiger partial charge on any atom is -0.391 e. The Kier molecular flexibility index (Phi) is 14.1. The zero-order valence-electron chi connectivity index (χ0n) is 14.1. The number of hydrogen-bond donors (Lipinski definition) is 3. The highest BCUT2D eigenvalue weighted by Gasteiger charge is 2.07. The largest absolute Gasteiger partial charge is 0.391 e. The van der Waals surface area contributed by atoms with Crippen LogP contribution in [0.1, 0.15) is 25.7 Å². The molecule has 24 heavy (non-hydrogen) atoms. The monoisotopic (exact) mass is 343 g/mol. The van der Waals surface area contributed by atoms with Gasteiger partial charge in [0.2, 0.25) is 5.91 Å². The van der Waals surface area contributed by atoms with E-state index < -0.39 is 12.2 Å². The summed E-state index contributed by atoms with van der Waals surface area (Å²) in [6, 6.07) is 0. The summed E-state index contributed by atoms with van der Waals surface area (Å²) < 4.78 is 10.6. The van der Waals surface area contributed by atoms with E-state index in [2.05, 4.69) is 18.5 Å². The molecule has 0 spiro atoms. The molecule has 0 aliphatic rings. The summed E-state index contributed by atoms with van der Waals surface area (Å²) in [6.07, 6.45) is 3.16. The van der Waals surface area contributed by atoms with Gasteiger partial charge >= 0.3 is 0 Å². The van der Waals surface area contributed by atoms with Gasteiger partial charge in [0.05, 0.1) is 25.4 Å². The highest BCUT2D eigenvalue weighted by Crippen LogP contribution is 2.00. The Balaban J connectivity index is 3.38. The van der Waals surface area contributed by atoms with Gasteiger partial charge in [-0.15, -0.1) is 0 Å². The lowest BCUT2D eigenvalue weighted by Gasteiger charge is -2.12. The number of aliphatic hydroxyl groups is 2. The Bertz CT molecular complexity index is 349. The standard InChI is InChI=1S/C17H29NO6/c1-3-14(19)7-8-15(20)12-23-9-5-6-10-24-13-16(21)11-18-17(22)4-2/h3-4,15-16,20-21H,1-2,5-13H2,(H,18,22). The Hall–Kier alpha value is -1.54. The maximum Gasteiger partial charge on any atom is 0.243 e. The molecule has 7 nitrogen and oxygen atoms in total. The molecule has 0 saturated carbocycles. The minimum atomic E-state index is -0.751. The molecule has 0 aromatic carbocycles. The van der Waals surface area contributed by atoms with Crippen molar-refractivity contribution in [3.63, 3.8) is 0 Å². The van der Waals surface area contributed by atoms with Crippen molar-refractivity contribution in [1.29, 1.82) is 0 Å². The van der Waals surface area contributed by atoms with Gasteiger partial charge < -0.3 is 25.0 Å². The first-order chi connectivity index (χ1) is 11.5. The Morgan fingerprint density at radius 1 is 1.00 bits per heavy atom. The average molecular weight is 343 g/mol. The van der Waals surface area contributed by atoms with E-state index in [4.69, 9.17) is 9.47 Å². The molecule has 0 aromatic heterocycles. The third-order valence-electron chi connectivity index (χ3n) is 3.10. The van der Waals surface area contributed by atoms with E-state index in [1.165, 1.54) is 6.08 Å². The van der Waals surface area contributed by atoms with Gasteiger partial charge in [-0.2, -0.15) is 0 Å². The zero-order chi connectivity index (χ0) is 18.2. The maximum absolute atomic E-state index is 11.0. The molecule has 138 valence electrons. The summed E-state index contributed by atoms with van der Waals surface area (Å²) >= 11 is 0. The molecular weight excluding hydrogens is 314 g/mol. The molecule has 0 aliphatic carbocycles. The number of unbranched alkanes of at least 4 members (excludes halogenated alkanes) is 1. The average Bonchev–Trinajstić information content (AvgIpc) is 2.59. The number of nitrogens with one attached hydrogen (secondary N) is 1. The lowest BCUT2D eigenvalue weighted by atomic mass is 10.1. The van der Waals surface area contributed by atoms with Gasteiger partial charge in [-0.05, 0) is 31.4 Å². The number of aliphatic hydroxyl groups excluding tert-OH is 2. The molecule has 0 bridgehead atoms. The van der Waals surface area contributed by atoms with E-state index in [1.54, 1.807) is 0 Å². The number of allylic oxidation sites excluding steroid dienone is 1. The normalized spacial score (nSPS) is 13.1. The number of ketones is 1. The number of rotatable bonds is 16. The predicted molar refractivity (Wildman–Crippen MR) is 90.5 cm³/mol. The van der Waals surface area contributed by atoms with Crippen LogP contribution in [0.25, 0.3) is 0 Å². The topological polar surface area (TPSA) is 105 Å². The van der Waals surface area contributed by atoms with Crippen LogP contribution in [0.3, 0.4) is 0 Å². The van der Waals surface area contributed by atoms with Crippen molar-refractivity contribution >= 4 is 11.7 Å². The molecule has 0 rings (SSSR count). The Morgan fingerprint density at radius 2 is 1.58 bits per heavy atom. The zero-order valence-corrected chi connectivity index (χ0v) is 14.1. The van der Waals surface area contributed by atoms with Crippen molar-refractivity contribution in [3.8, 4) is 0 Å². The number of hydrogen-bond acceptors (Lipinski definition) is 6. The van der Waals surface area contributed by atoms with Crippen LogP contribution in [0.2, 0.25) is 0 Å². The highest BCUT2D eigenvalue weighted by atomic mass is 16.5. The molecule has 2 atom stereocenters. The second kappa shape index (κ2) is 15.0. The highest BCUT2D eigenvalue weighted by molar-refractivity contribution is 5.89. The Morgan fingerprint density at radius 3 is 2.12 bits per heavy atom. The maximum atomic E-state index is 11.0. The summed E-state index contributed by atoms with van der Waals surface area (Å²) in [5.74, 6) is -0.417. The number of ether oxygens (including phenoxy) is 2. The van der Waals surface area contributed by atoms with Crippen molar-refractivity contribution in [2.24, 2.45) is 0 Å². The van der Waals surface area contributed by atoms with Crippen molar-refractivity contribution < 1.29 is 29.3 Å². The van der Waals surface area contributed by atoms with Gasteiger partial charge in [0.25, 0.3) is 0 Å². The fourth-order valence-electron chi connectivity index (χ4n) is 1.69. The van der Waals surface area contributed by atoms with E-state index in [9.17, 15) is 19.8 Å². The first-order valence-electron chi connectivity index (χ1n) is 8.06. The van der Waals surface area contributed by atoms with Crippen LogP contribution in [0.4, 0.5) is 0 Å². The third kappa shape index (κ3) is 14.1. The first-order valence-corrected chi connectivity index (χ1v) is 8.06. The molecule has 0 saturated heterocycles. The van der Waals surface area contributed by atoms with Crippen LogP contribution in [0, 0.1) is 0 Å². The number of carbonyl (C=O) groups is 2. The number of amides is 1. The van der Waals surface area contributed by atoms with Crippen molar-refractivity contribution in [2.75, 3.05) is 33.0 Å². The van der Waals surface area contributed by atoms with Crippen molar-refractivity contribution in [2.45, 2.75) is 37.9 Å². The van der Waals surface area contributed by atoms with Gasteiger partial charge in [0.1, 0.15) is 0 Å². The number of carbonyl (C=O) groups excluding carboxylic acids is 2. The SMILES string of the molecule is C=CC(=O)CCC(O)COCCCCOCC(O)CNC(=O)C=C. The van der Waals surface area contributed by atoms with Crippen LogP contribution < -0.4 is 5.32 Å². The van der Waals surface area contributed by atoms with E-state index >= 15 is 0 Å². The van der Waals surface area contributed by atoms with Crippen LogP contribution >= 0.6 is 0 Å². The predicted octanol–water partition coefficient (Wildman–Crippen LogP) is 0.359. The van der Waals surface area contributed by atoms with Gasteiger partial charge in [-0.3, -0.25) is 9.59 Å². The second-order valence-electron chi connectivity index (χ2n) is 5.32. The van der Waals surface area contributed by atoms with Gasteiger partial charge in [-0.25, -0.2) is 0 Å². The molecule has 3 N–H and O–H groups in total. The van der Waals surface area contributed by atoms with Crippen molar-refractivity contribution in [3.05, 3.63) is 25.3 Å². The fourth-order valence-corrected chi connectivity index (χ4v) is 1.69. The lowest BCUT2D eigenvalue weighted by molar-refractivity contribution is -0.117. The molecule has 1 amide bonds. The second-order valence-corrected chi connectivity index (χ2v) is 5.32. The summed E-state index contributed by atoms with van der Waals surface area (Å²) in [7, 11) is 0.